The Morgan fingerprint density at radius 3 is 2.58 bits per heavy atom. The third-order valence-electron chi connectivity index (χ3n) is 3.50. The van der Waals surface area contributed by atoms with Crippen molar-refractivity contribution in [2.45, 2.75) is 6.61 Å². The molecule has 0 saturated carbocycles. The summed E-state index contributed by atoms with van der Waals surface area (Å²) in [6, 6.07) is 14.5. The van der Waals surface area contributed by atoms with Crippen LogP contribution in [-0.2, 0) is 13.7 Å². The molecule has 24 heavy (non-hydrogen) atoms. The first-order chi connectivity index (χ1) is 11.7. The van der Waals surface area contributed by atoms with E-state index in [1.165, 1.54) is 4.68 Å². The summed E-state index contributed by atoms with van der Waals surface area (Å²) in [5.74, 6) is 1.14. The minimum atomic E-state index is -0.310. The van der Waals surface area contributed by atoms with Gasteiger partial charge in [0, 0.05) is 7.05 Å². The Balaban J connectivity index is 1.49. The van der Waals surface area contributed by atoms with Gasteiger partial charge in [-0.15, -0.1) is 0 Å². The number of hydrogen-bond acceptors (Lipinski definition) is 6. The van der Waals surface area contributed by atoms with Crippen LogP contribution in [0.25, 0.3) is 16.8 Å². The molecule has 0 atom stereocenters. The van der Waals surface area contributed by atoms with Crippen molar-refractivity contribution in [1.82, 2.24) is 24.8 Å². The molecular formula is C16H13N5O3. The second-order valence-electron chi connectivity index (χ2n) is 5.15. The zero-order valence-corrected chi connectivity index (χ0v) is 12.8. The third-order valence-corrected chi connectivity index (χ3v) is 3.50. The molecule has 120 valence electrons. The van der Waals surface area contributed by atoms with E-state index in [2.05, 4.69) is 15.4 Å². The van der Waals surface area contributed by atoms with E-state index in [1.807, 2.05) is 24.3 Å². The van der Waals surface area contributed by atoms with Crippen molar-refractivity contribution in [3.05, 3.63) is 64.9 Å². The Kier molecular flexibility index (Phi) is 3.34. The van der Waals surface area contributed by atoms with Crippen LogP contribution in [0.4, 0.5) is 0 Å². The average Bonchev–Trinajstić information content (AvgIpc) is 3.17. The summed E-state index contributed by atoms with van der Waals surface area (Å²) in [4.78, 5) is 16.1. The van der Waals surface area contributed by atoms with Crippen LogP contribution < -0.4 is 10.4 Å². The normalized spacial score (nSPS) is 11.0. The quantitative estimate of drug-likeness (QED) is 0.568. The van der Waals surface area contributed by atoms with Gasteiger partial charge in [0.05, 0.1) is 5.69 Å². The zero-order valence-electron chi connectivity index (χ0n) is 12.8. The minimum Gasteiger partial charge on any atom is -0.484 e. The molecule has 4 rings (SSSR count). The second-order valence-corrected chi connectivity index (χ2v) is 5.15. The third kappa shape index (κ3) is 2.54. The Morgan fingerprint density at radius 1 is 1.08 bits per heavy atom. The average molecular weight is 323 g/mol. The highest BCUT2D eigenvalue weighted by Gasteiger charge is 2.08. The predicted molar refractivity (Wildman–Crippen MR) is 84.9 cm³/mol. The molecule has 8 heteroatoms. The van der Waals surface area contributed by atoms with Crippen LogP contribution in [0.15, 0.2) is 57.7 Å². The van der Waals surface area contributed by atoms with Crippen LogP contribution in [-0.4, -0.2) is 24.8 Å². The molecule has 0 aliphatic rings. The predicted octanol–water partition coefficient (Wildman–Crippen LogP) is 1.69. The lowest BCUT2D eigenvalue weighted by Crippen LogP contribution is -2.21. The number of nitrogens with zero attached hydrogens (tertiary/aromatic N) is 5. The monoisotopic (exact) mass is 323 g/mol. The molecule has 0 amide bonds. The lowest BCUT2D eigenvalue weighted by molar-refractivity contribution is 0.267. The van der Waals surface area contributed by atoms with Gasteiger partial charge in [-0.3, -0.25) is 0 Å². The van der Waals surface area contributed by atoms with Crippen molar-refractivity contribution < 1.29 is 9.15 Å². The number of aryl methyl sites for hydroxylation is 1. The summed E-state index contributed by atoms with van der Waals surface area (Å²) in [7, 11) is 1.55. The standard InChI is InChI=1S/C16H13N5O3/c1-20-16(22)21(19-18-20)11-6-8-12(9-7-11)23-10-15-17-13-4-2-3-5-14(13)24-15/h2-9H,10H2,1H3. The molecule has 2 aromatic carbocycles. The Hall–Kier alpha value is -3.42. The molecular weight excluding hydrogens is 310 g/mol. The summed E-state index contributed by atoms with van der Waals surface area (Å²) in [6.45, 7) is 0.221. The number of hydrogen-bond donors (Lipinski definition) is 0. The molecule has 0 spiro atoms. The lowest BCUT2D eigenvalue weighted by atomic mass is 10.3. The highest BCUT2D eigenvalue weighted by Crippen LogP contribution is 2.18. The van der Waals surface area contributed by atoms with Gasteiger partial charge in [0.25, 0.3) is 0 Å². The summed E-state index contributed by atoms with van der Waals surface area (Å²) >= 11 is 0. The number of oxazole rings is 1. The Labute approximate surface area is 135 Å². The minimum absolute atomic E-state index is 0.221. The van der Waals surface area contributed by atoms with Crippen molar-refractivity contribution in [3.63, 3.8) is 0 Å². The van der Waals surface area contributed by atoms with E-state index in [0.717, 1.165) is 15.8 Å². The zero-order chi connectivity index (χ0) is 16.5. The molecule has 0 bridgehead atoms. The van der Waals surface area contributed by atoms with Gasteiger partial charge in [-0.2, -0.15) is 9.36 Å². The van der Waals surface area contributed by atoms with E-state index in [1.54, 1.807) is 31.3 Å². The number of ether oxygens (including phenoxy) is 1. The molecule has 0 aliphatic carbocycles. The number of fused-ring (bicyclic) bond motifs is 1. The maximum absolute atomic E-state index is 11.8. The number of rotatable bonds is 4. The summed E-state index contributed by atoms with van der Waals surface area (Å²) < 4.78 is 13.6. The molecule has 4 aromatic rings. The molecule has 2 aromatic heterocycles. The maximum atomic E-state index is 11.8. The van der Waals surface area contributed by atoms with Gasteiger partial charge in [-0.1, -0.05) is 12.1 Å². The SMILES string of the molecule is Cn1nnn(-c2ccc(OCc3nc4ccccc4o3)cc2)c1=O. The van der Waals surface area contributed by atoms with Gasteiger partial charge >= 0.3 is 5.69 Å². The van der Waals surface area contributed by atoms with Crippen molar-refractivity contribution >= 4 is 11.1 Å². The van der Waals surface area contributed by atoms with Crippen LogP contribution in [0.3, 0.4) is 0 Å². The fraction of sp³-hybridized carbons (Fsp3) is 0.125. The Morgan fingerprint density at radius 2 is 1.88 bits per heavy atom. The molecule has 0 unspecified atom stereocenters. The second kappa shape index (κ2) is 5.65. The molecule has 0 fully saturated rings. The highest BCUT2D eigenvalue weighted by molar-refractivity contribution is 5.72. The number of tetrazole rings is 1. The fourth-order valence-electron chi connectivity index (χ4n) is 2.29. The van der Waals surface area contributed by atoms with Gasteiger partial charge in [-0.05, 0) is 46.8 Å². The van der Waals surface area contributed by atoms with E-state index in [0.29, 0.717) is 17.3 Å². The Bertz CT molecular complexity index is 1010. The number of aromatic nitrogens is 5. The van der Waals surface area contributed by atoms with Crippen LogP contribution >= 0.6 is 0 Å². The first-order valence-corrected chi connectivity index (χ1v) is 7.27. The molecule has 0 aliphatic heterocycles. The van der Waals surface area contributed by atoms with Gasteiger partial charge in [0.2, 0.25) is 5.89 Å². The first-order valence-electron chi connectivity index (χ1n) is 7.27. The molecule has 8 nitrogen and oxygen atoms in total. The van der Waals surface area contributed by atoms with E-state index in [-0.39, 0.29) is 12.3 Å². The smallest absolute Gasteiger partial charge is 0.368 e. The van der Waals surface area contributed by atoms with Crippen LogP contribution in [0.5, 0.6) is 5.75 Å². The molecule has 2 heterocycles. The summed E-state index contributed by atoms with van der Waals surface area (Å²) in [5.41, 5.74) is 1.83. The van der Waals surface area contributed by atoms with Crippen LogP contribution in [0.1, 0.15) is 5.89 Å². The fourth-order valence-corrected chi connectivity index (χ4v) is 2.29. The van der Waals surface area contributed by atoms with Gasteiger partial charge < -0.3 is 9.15 Å². The van der Waals surface area contributed by atoms with E-state index < -0.39 is 0 Å². The van der Waals surface area contributed by atoms with Gasteiger partial charge in [0.15, 0.2) is 12.2 Å². The number of benzene rings is 2. The van der Waals surface area contributed by atoms with Crippen LogP contribution in [0, 0.1) is 0 Å². The lowest BCUT2D eigenvalue weighted by Gasteiger charge is -2.04. The van der Waals surface area contributed by atoms with Crippen molar-refractivity contribution in [3.8, 4) is 11.4 Å². The van der Waals surface area contributed by atoms with E-state index in [4.69, 9.17) is 9.15 Å². The van der Waals surface area contributed by atoms with E-state index in [9.17, 15) is 4.79 Å². The van der Waals surface area contributed by atoms with Crippen molar-refractivity contribution in [2.24, 2.45) is 7.05 Å². The molecule has 0 radical (unpaired) electrons. The van der Waals surface area contributed by atoms with Gasteiger partial charge in [0.1, 0.15) is 11.3 Å². The summed E-state index contributed by atoms with van der Waals surface area (Å²) in [5, 5.41) is 7.46. The van der Waals surface area contributed by atoms with Crippen LogP contribution in [0.2, 0.25) is 0 Å². The van der Waals surface area contributed by atoms with E-state index >= 15 is 0 Å². The number of para-hydroxylation sites is 2. The molecule has 0 saturated heterocycles. The highest BCUT2D eigenvalue weighted by atomic mass is 16.5. The molecule has 0 N–H and O–H groups in total. The van der Waals surface area contributed by atoms with Crippen molar-refractivity contribution in [2.75, 3.05) is 0 Å². The van der Waals surface area contributed by atoms with Gasteiger partial charge in [-0.25, -0.2) is 9.78 Å². The topological polar surface area (TPSA) is 88.0 Å². The summed E-state index contributed by atoms with van der Waals surface area (Å²) in [6.07, 6.45) is 0. The van der Waals surface area contributed by atoms with Crippen molar-refractivity contribution in [1.29, 1.82) is 0 Å². The largest absolute Gasteiger partial charge is 0.484 e. The first kappa shape index (κ1) is 14.2. The maximum Gasteiger partial charge on any atom is 0.368 e.